The van der Waals surface area contributed by atoms with Crippen molar-refractivity contribution >= 4 is 11.9 Å². The summed E-state index contributed by atoms with van der Waals surface area (Å²) < 4.78 is 0. The number of amides is 1. The van der Waals surface area contributed by atoms with Crippen LogP contribution in [0.1, 0.15) is 26.5 Å². The number of nitrogens with zero attached hydrogens (tertiary/aromatic N) is 2. The largest absolute Gasteiger partial charge is 0.478 e. The summed E-state index contributed by atoms with van der Waals surface area (Å²) in [6, 6.07) is 2.85. The Morgan fingerprint density at radius 3 is 2.61 bits per heavy atom. The van der Waals surface area contributed by atoms with Crippen LogP contribution in [0, 0.1) is 6.92 Å². The lowest BCUT2D eigenvalue weighted by Gasteiger charge is -2.16. The summed E-state index contributed by atoms with van der Waals surface area (Å²) >= 11 is 0. The normalized spacial score (nSPS) is 10.2. The number of likely N-dealkylation sites (N-methyl/N-ethyl adjacent to an activating group) is 2. The number of aromatic nitrogens is 1. The minimum Gasteiger partial charge on any atom is -0.478 e. The highest BCUT2D eigenvalue weighted by Crippen LogP contribution is 2.08. The van der Waals surface area contributed by atoms with E-state index in [9.17, 15) is 9.59 Å². The van der Waals surface area contributed by atoms with Crippen molar-refractivity contribution in [2.45, 2.75) is 6.92 Å². The van der Waals surface area contributed by atoms with Gasteiger partial charge in [-0.1, -0.05) is 0 Å². The fourth-order valence-electron chi connectivity index (χ4n) is 1.48. The molecule has 1 amide bonds. The number of carbonyl (C=O) groups excluding carboxylic acids is 1. The number of pyridine rings is 1. The van der Waals surface area contributed by atoms with E-state index in [-0.39, 0.29) is 17.2 Å². The first-order chi connectivity index (χ1) is 8.47. The van der Waals surface area contributed by atoms with Crippen LogP contribution in [0.2, 0.25) is 0 Å². The number of hydrogen-bond donors (Lipinski definition) is 2. The molecule has 2 N–H and O–H groups in total. The molecule has 1 rings (SSSR count). The van der Waals surface area contributed by atoms with Crippen LogP contribution in [0.5, 0.6) is 0 Å². The summed E-state index contributed by atoms with van der Waals surface area (Å²) in [6.07, 6.45) is 0. The van der Waals surface area contributed by atoms with Gasteiger partial charge in [0.2, 0.25) is 0 Å². The van der Waals surface area contributed by atoms with Gasteiger partial charge in [-0.25, -0.2) is 9.78 Å². The maximum atomic E-state index is 12.0. The molecule has 0 aromatic carbocycles. The Morgan fingerprint density at radius 2 is 2.11 bits per heavy atom. The topological polar surface area (TPSA) is 82.5 Å². The number of carboxylic acids is 1. The molecule has 6 heteroatoms. The van der Waals surface area contributed by atoms with Gasteiger partial charge in [-0.2, -0.15) is 0 Å². The zero-order valence-corrected chi connectivity index (χ0v) is 10.7. The highest BCUT2D eigenvalue weighted by atomic mass is 16.4. The molecule has 0 radical (unpaired) electrons. The molecule has 1 heterocycles. The molecule has 0 spiro atoms. The molecule has 0 unspecified atom stereocenters. The monoisotopic (exact) mass is 251 g/mol. The number of hydrogen-bond acceptors (Lipinski definition) is 4. The average Bonchev–Trinajstić information content (AvgIpc) is 2.34. The van der Waals surface area contributed by atoms with Crippen molar-refractivity contribution in [3.8, 4) is 0 Å². The summed E-state index contributed by atoms with van der Waals surface area (Å²) in [5.74, 6) is -1.26. The van der Waals surface area contributed by atoms with E-state index in [0.717, 1.165) is 0 Å². The summed E-state index contributed by atoms with van der Waals surface area (Å²) in [7, 11) is 3.49. The number of nitrogens with one attached hydrogen (secondary N) is 1. The highest BCUT2D eigenvalue weighted by molar-refractivity contribution is 5.94. The minimum atomic E-state index is -1.04. The van der Waals surface area contributed by atoms with Gasteiger partial charge in [0.1, 0.15) is 5.69 Å². The molecule has 0 saturated carbocycles. The minimum absolute atomic E-state index is 0.115. The van der Waals surface area contributed by atoms with Gasteiger partial charge in [-0.15, -0.1) is 0 Å². The summed E-state index contributed by atoms with van der Waals surface area (Å²) in [4.78, 5) is 28.4. The Labute approximate surface area is 106 Å². The maximum Gasteiger partial charge on any atom is 0.337 e. The fraction of sp³-hybridized carbons (Fsp3) is 0.417. The predicted octanol–water partition coefficient (Wildman–Crippen LogP) is 0.380. The van der Waals surface area contributed by atoms with Crippen LogP contribution in [0.15, 0.2) is 12.1 Å². The van der Waals surface area contributed by atoms with Gasteiger partial charge in [-0.3, -0.25) is 4.79 Å². The zero-order valence-electron chi connectivity index (χ0n) is 10.7. The highest BCUT2D eigenvalue weighted by Gasteiger charge is 2.15. The van der Waals surface area contributed by atoms with Crippen molar-refractivity contribution in [1.29, 1.82) is 0 Å². The lowest BCUT2D eigenvalue weighted by atomic mass is 10.2. The van der Waals surface area contributed by atoms with Crippen molar-refractivity contribution in [2.24, 2.45) is 0 Å². The summed E-state index contributed by atoms with van der Waals surface area (Å²) in [5, 5.41) is 11.8. The third kappa shape index (κ3) is 3.27. The van der Waals surface area contributed by atoms with Crippen molar-refractivity contribution in [1.82, 2.24) is 15.2 Å². The molecule has 0 fully saturated rings. The first kappa shape index (κ1) is 14.1. The van der Waals surface area contributed by atoms with E-state index < -0.39 is 5.97 Å². The van der Waals surface area contributed by atoms with Gasteiger partial charge in [0.05, 0.1) is 11.3 Å². The number of carbonyl (C=O) groups is 2. The van der Waals surface area contributed by atoms with Gasteiger partial charge in [0.25, 0.3) is 5.91 Å². The van der Waals surface area contributed by atoms with Crippen LogP contribution in [0.25, 0.3) is 0 Å². The number of aromatic carboxylic acids is 1. The second kappa shape index (κ2) is 6.11. The molecular weight excluding hydrogens is 234 g/mol. The smallest absolute Gasteiger partial charge is 0.337 e. The molecule has 1 aromatic heterocycles. The van der Waals surface area contributed by atoms with Crippen LogP contribution in [-0.4, -0.2) is 54.1 Å². The van der Waals surface area contributed by atoms with Gasteiger partial charge in [-0.05, 0) is 26.1 Å². The van der Waals surface area contributed by atoms with E-state index in [1.54, 1.807) is 18.9 Å². The molecule has 6 nitrogen and oxygen atoms in total. The van der Waals surface area contributed by atoms with E-state index in [1.807, 2.05) is 7.05 Å². The van der Waals surface area contributed by atoms with Crippen molar-refractivity contribution < 1.29 is 14.7 Å². The Bertz CT molecular complexity index is 460. The molecule has 0 aliphatic heterocycles. The lowest BCUT2D eigenvalue weighted by molar-refractivity contribution is 0.0693. The van der Waals surface area contributed by atoms with Crippen LogP contribution >= 0.6 is 0 Å². The van der Waals surface area contributed by atoms with Gasteiger partial charge in [0.15, 0.2) is 0 Å². The van der Waals surface area contributed by atoms with Crippen molar-refractivity contribution in [3.63, 3.8) is 0 Å². The molecule has 0 bridgehead atoms. The standard InChI is InChI=1S/C12H17N3O3/c1-8-9(12(17)18)4-5-10(14-8)11(16)15(3)7-6-13-2/h4-5,13H,6-7H2,1-3H3,(H,17,18). The number of rotatable bonds is 5. The Balaban J connectivity index is 2.87. The van der Waals surface area contributed by atoms with E-state index in [4.69, 9.17) is 5.11 Å². The van der Waals surface area contributed by atoms with Crippen LogP contribution < -0.4 is 5.32 Å². The Hall–Kier alpha value is -1.95. The third-order valence-electron chi connectivity index (χ3n) is 2.58. The second-order valence-electron chi connectivity index (χ2n) is 3.96. The van der Waals surface area contributed by atoms with Crippen molar-refractivity contribution in [2.75, 3.05) is 27.2 Å². The van der Waals surface area contributed by atoms with E-state index in [1.165, 1.54) is 12.1 Å². The first-order valence-electron chi connectivity index (χ1n) is 5.58. The Morgan fingerprint density at radius 1 is 1.44 bits per heavy atom. The van der Waals surface area contributed by atoms with Crippen molar-refractivity contribution in [3.05, 3.63) is 29.1 Å². The number of aryl methyl sites for hydroxylation is 1. The van der Waals surface area contributed by atoms with E-state index in [2.05, 4.69) is 10.3 Å². The summed E-state index contributed by atoms with van der Waals surface area (Å²) in [6.45, 7) is 2.83. The Kier molecular flexibility index (Phi) is 4.79. The molecule has 18 heavy (non-hydrogen) atoms. The first-order valence-corrected chi connectivity index (χ1v) is 5.58. The van der Waals surface area contributed by atoms with Crippen LogP contribution in [-0.2, 0) is 0 Å². The second-order valence-corrected chi connectivity index (χ2v) is 3.96. The molecule has 0 aliphatic carbocycles. The molecule has 98 valence electrons. The van der Waals surface area contributed by atoms with Crippen LogP contribution in [0.4, 0.5) is 0 Å². The third-order valence-corrected chi connectivity index (χ3v) is 2.58. The lowest BCUT2D eigenvalue weighted by Crippen LogP contribution is -2.33. The maximum absolute atomic E-state index is 12.0. The molecule has 0 saturated heterocycles. The molecule has 0 aliphatic rings. The quantitative estimate of drug-likeness (QED) is 0.790. The molecule has 1 aromatic rings. The molecule has 0 atom stereocenters. The fourth-order valence-corrected chi connectivity index (χ4v) is 1.48. The average molecular weight is 251 g/mol. The van der Waals surface area contributed by atoms with E-state index in [0.29, 0.717) is 18.8 Å². The van der Waals surface area contributed by atoms with E-state index >= 15 is 0 Å². The summed E-state index contributed by atoms with van der Waals surface area (Å²) in [5.41, 5.74) is 0.718. The van der Waals surface area contributed by atoms with Gasteiger partial charge < -0.3 is 15.3 Å². The van der Waals surface area contributed by atoms with Crippen LogP contribution in [0.3, 0.4) is 0 Å². The van der Waals surface area contributed by atoms with Gasteiger partial charge >= 0.3 is 5.97 Å². The SMILES string of the molecule is CNCCN(C)C(=O)c1ccc(C(=O)O)c(C)n1. The van der Waals surface area contributed by atoms with Gasteiger partial charge in [0, 0.05) is 20.1 Å². The zero-order chi connectivity index (χ0) is 13.7. The number of carboxylic acid groups (broad SMARTS) is 1. The predicted molar refractivity (Wildman–Crippen MR) is 66.8 cm³/mol. The molecular formula is C12H17N3O3.